The van der Waals surface area contributed by atoms with Crippen LogP contribution in [0.25, 0.3) is 0 Å². The van der Waals surface area contributed by atoms with Gasteiger partial charge in [0.05, 0.1) is 13.1 Å². The summed E-state index contributed by atoms with van der Waals surface area (Å²) in [6, 6.07) is 14.7. The second-order valence-corrected chi connectivity index (χ2v) is 5.82. The van der Waals surface area contributed by atoms with Crippen molar-refractivity contribution in [2.75, 3.05) is 18.4 Å². The first-order chi connectivity index (χ1) is 12.6. The van der Waals surface area contributed by atoms with E-state index in [1.165, 1.54) is 0 Å². The first-order valence-corrected chi connectivity index (χ1v) is 8.62. The van der Waals surface area contributed by atoms with E-state index >= 15 is 0 Å². The summed E-state index contributed by atoms with van der Waals surface area (Å²) >= 11 is 6.14. The lowest BCUT2D eigenvalue weighted by atomic mass is 10.2. The van der Waals surface area contributed by atoms with Crippen LogP contribution in [0.1, 0.15) is 18.1 Å². The van der Waals surface area contributed by atoms with Crippen molar-refractivity contribution >= 4 is 53.1 Å². The number of anilines is 1. The van der Waals surface area contributed by atoms with Crippen LogP contribution in [0, 0.1) is 12.3 Å². The van der Waals surface area contributed by atoms with E-state index in [0.29, 0.717) is 35.3 Å². The molecule has 0 saturated carbocycles. The number of hydrogen-bond donors (Lipinski definition) is 3. The molecule has 0 unspecified atom stereocenters. The van der Waals surface area contributed by atoms with Crippen molar-refractivity contribution in [3.8, 4) is 12.3 Å². The van der Waals surface area contributed by atoms with Crippen LogP contribution in [0.4, 0.5) is 5.69 Å². The molecule has 2 aromatic rings. The second kappa shape index (κ2) is 12.2. The van der Waals surface area contributed by atoms with Crippen LogP contribution in [0.5, 0.6) is 0 Å². The van der Waals surface area contributed by atoms with Crippen molar-refractivity contribution in [2.45, 2.75) is 13.5 Å². The summed E-state index contributed by atoms with van der Waals surface area (Å²) in [6.45, 7) is 3.13. The Morgan fingerprint density at radius 2 is 1.96 bits per heavy atom. The Labute approximate surface area is 182 Å². The van der Waals surface area contributed by atoms with Crippen LogP contribution >= 0.6 is 35.6 Å². The van der Waals surface area contributed by atoms with Gasteiger partial charge in [0, 0.05) is 22.8 Å². The number of terminal acetylenes is 1. The third kappa shape index (κ3) is 7.89. The molecule has 0 bridgehead atoms. The molecule has 1 amide bonds. The van der Waals surface area contributed by atoms with Gasteiger partial charge in [-0.25, -0.2) is 4.99 Å². The lowest BCUT2D eigenvalue weighted by Gasteiger charge is -2.12. The molecule has 0 fully saturated rings. The van der Waals surface area contributed by atoms with Crippen LogP contribution in [-0.4, -0.2) is 25.0 Å². The van der Waals surface area contributed by atoms with E-state index in [9.17, 15) is 4.79 Å². The molecule has 5 nitrogen and oxygen atoms in total. The van der Waals surface area contributed by atoms with Gasteiger partial charge < -0.3 is 16.0 Å². The average Bonchev–Trinajstić information content (AvgIpc) is 2.65. The summed E-state index contributed by atoms with van der Waals surface area (Å²) in [5, 5.41) is 9.56. The topological polar surface area (TPSA) is 65.5 Å². The number of rotatable bonds is 6. The fraction of sp³-hybridized carbons (Fsp3) is 0.200. The van der Waals surface area contributed by atoms with E-state index in [2.05, 4.69) is 26.9 Å². The van der Waals surface area contributed by atoms with E-state index in [1.807, 2.05) is 31.2 Å². The van der Waals surface area contributed by atoms with Crippen molar-refractivity contribution in [3.63, 3.8) is 0 Å². The van der Waals surface area contributed by atoms with E-state index in [1.54, 1.807) is 24.3 Å². The molecule has 2 aromatic carbocycles. The molecule has 142 valence electrons. The number of nitrogens with zero attached hydrogens (tertiary/aromatic N) is 1. The molecular weight excluding hydrogens is 475 g/mol. The molecule has 0 heterocycles. The second-order valence-electron chi connectivity index (χ2n) is 5.41. The molecule has 0 atom stereocenters. The van der Waals surface area contributed by atoms with Gasteiger partial charge in [-0.15, -0.1) is 30.4 Å². The van der Waals surface area contributed by atoms with Crippen LogP contribution in [-0.2, 0) is 11.3 Å². The Balaban J connectivity index is 0.00000364. The number of hydrogen-bond acceptors (Lipinski definition) is 2. The predicted molar refractivity (Wildman–Crippen MR) is 123 cm³/mol. The number of benzene rings is 2. The number of nitrogens with one attached hydrogen (secondary N) is 3. The Morgan fingerprint density at radius 3 is 2.67 bits per heavy atom. The van der Waals surface area contributed by atoms with Crippen molar-refractivity contribution < 1.29 is 4.79 Å². The van der Waals surface area contributed by atoms with Crippen LogP contribution in [0.2, 0.25) is 5.02 Å². The van der Waals surface area contributed by atoms with Crippen LogP contribution in [0.15, 0.2) is 53.5 Å². The molecule has 3 N–H and O–H groups in total. The lowest BCUT2D eigenvalue weighted by molar-refractivity contribution is -0.115. The van der Waals surface area contributed by atoms with Crippen molar-refractivity contribution in [1.29, 1.82) is 0 Å². The molecule has 0 radical (unpaired) electrons. The number of guanidine groups is 1. The fourth-order valence-corrected chi connectivity index (χ4v) is 2.38. The summed E-state index contributed by atoms with van der Waals surface area (Å²) in [5.41, 5.74) is 2.29. The van der Waals surface area contributed by atoms with Gasteiger partial charge in [-0.05, 0) is 36.8 Å². The van der Waals surface area contributed by atoms with Gasteiger partial charge in [0.15, 0.2) is 5.96 Å². The Bertz CT molecular complexity index is 833. The van der Waals surface area contributed by atoms with Gasteiger partial charge in [-0.2, -0.15) is 0 Å². The highest BCUT2D eigenvalue weighted by molar-refractivity contribution is 14.0. The zero-order valence-electron chi connectivity index (χ0n) is 15.0. The van der Waals surface area contributed by atoms with Gasteiger partial charge in [0.1, 0.15) is 0 Å². The summed E-state index contributed by atoms with van der Waals surface area (Å²) in [7, 11) is 0. The van der Waals surface area contributed by atoms with Gasteiger partial charge in [-0.3, -0.25) is 4.79 Å². The monoisotopic (exact) mass is 496 g/mol. The largest absolute Gasteiger partial charge is 0.357 e. The molecule has 0 aliphatic carbocycles. The minimum absolute atomic E-state index is 0. The number of carbonyl (C=O) groups is 1. The summed E-state index contributed by atoms with van der Waals surface area (Å²) in [4.78, 5) is 16.6. The summed E-state index contributed by atoms with van der Waals surface area (Å²) in [5.74, 6) is 2.89. The number of carbonyl (C=O) groups excluding carboxylic acids is 1. The summed E-state index contributed by atoms with van der Waals surface area (Å²) < 4.78 is 0. The third-order valence-corrected chi connectivity index (χ3v) is 3.81. The molecule has 0 spiro atoms. The van der Waals surface area contributed by atoms with Gasteiger partial charge >= 0.3 is 0 Å². The lowest BCUT2D eigenvalue weighted by Crippen LogP contribution is -2.41. The smallest absolute Gasteiger partial charge is 0.243 e. The van der Waals surface area contributed by atoms with Gasteiger partial charge in [0.25, 0.3) is 0 Å². The van der Waals surface area contributed by atoms with E-state index in [4.69, 9.17) is 18.0 Å². The standard InChI is InChI=1S/C20H21ClN4O.HI/c1-3-15-8-7-10-17(12-15)25-19(26)14-24-20(22-4-2)23-13-16-9-5-6-11-18(16)21;/h1,5-12H,4,13-14H2,2H3,(H,25,26)(H2,22,23,24);1H. The van der Waals surface area contributed by atoms with Crippen molar-refractivity contribution in [3.05, 3.63) is 64.7 Å². The Morgan fingerprint density at radius 1 is 1.19 bits per heavy atom. The van der Waals surface area contributed by atoms with Gasteiger partial charge in [-0.1, -0.05) is 41.8 Å². The molecular formula is C20H22ClIN4O. The molecule has 2 rings (SSSR count). The highest BCUT2D eigenvalue weighted by atomic mass is 127. The maximum absolute atomic E-state index is 12.1. The average molecular weight is 497 g/mol. The molecule has 7 heteroatoms. The maximum Gasteiger partial charge on any atom is 0.243 e. The molecule has 0 aliphatic heterocycles. The Kier molecular flexibility index (Phi) is 10.3. The normalized spacial score (nSPS) is 10.3. The third-order valence-electron chi connectivity index (χ3n) is 3.44. The maximum atomic E-state index is 12.1. The fourth-order valence-electron chi connectivity index (χ4n) is 2.19. The van der Waals surface area contributed by atoms with Crippen molar-refractivity contribution in [1.82, 2.24) is 10.6 Å². The number of halogens is 2. The highest BCUT2D eigenvalue weighted by Gasteiger charge is 2.05. The van der Waals surface area contributed by atoms with E-state index in [0.717, 1.165) is 5.56 Å². The minimum Gasteiger partial charge on any atom is -0.357 e. The predicted octanol–water partition coefficient (Wildman–Crippen LogP) is 3.63. The SMILES string of the molecule is C#Cc1cccc(NC(=O)CNC(=NCc2ccccc2Cl)NCC)c1.I. The minimum atomic E-state index is -0.192. The molecule has 0 saturated heterocycles. The quantitative estimate of drug-likeness (QED) is 0.248. The zero-order chi connectivity index (χ0) is 18.8. The highest BCUT2D eigenvalue weighted by Crippen LogP contribution is 2.15. The van der Waals surface area contributed by atoms with Crippen molar-refractivity contribution in [2.24, 2.45) is 4.99 Å². The molecule has 0 aromatic heterocycles. The van der Waals surface area contributed by atoms with E-state index < -0.39 is 0 Å². The first kappa shape index (κ1) is 22.8. The van der Waals surface area contributed by atoms with Crippen LogP contribution in [0.3, 0.4) is 0 Å². The number of aliphatic imine (C=N–C) groups is 1. The first-order valence-electron chi connectivity index (χ1n) is 8.24. The molecule has 0 aliphatic rings. The van der Waals surface area contributed by atoms with E-state index in [-0.39, 0.29) is 36.4 Å². The Hall–Kier alpha value is -2.24. The summed E-state index contributed by atoms with van der Waals surface area (Å²) in [6.07, 6.45) is 5.36. The number of amides is 1. The molecule has 27 heavy (non-hydrogen) atoms. The van der Waals surface area contributed by atoms with Gasteiger partial charge in [0.2, 0.25) is 5.91 Å². The zero-order valence-corrected chi connectivity index (χ0v) is 18.0. The van der Waals surface area contributed by atoms with Crippen LogP contribution < -0.4 is 16.0 Å².